The lowest BCUT2D eigenvalue weighted by Gasteiger charge is -2.09. The predicted molar refractivity (Wildman–Crippen MR) is 74.3 cm³/mol. The van der Waals surface area contributed by atoms with E-state index >= 15 is 0 Å². The highest BCUT2D eigenvalue weighted by atomic mass is 35.7. The van der Waals surface area contributed by atoms with E-state index in [4.69, 9.17) is 15.4 Å². The molecule has 4 nitrogen and oxygen atoms in total. The molecule has 0 aromatic carbocycles. The molecule has 0 aliphatic heterocycles. The highest BCUT2D eigenvalue weighted by Crippen LogP contribution is 2.30. The summed E-state index contributed by atoms with van der Waals surface area (Å²) in [7, 11) is 1.50. The van der Waals surface area contributed by atoms with Crippen LogP contribution in [0.3, 0.4) is 0 Å². The Bertz CT molecular complexity index is 571. The molecule has 0 bridgehead atoms. The Labute approximate surface area is 121 Å². The zero-order chi connectivity index (χ0) is 14.0. The van der Waals surface area contributed by atoms with E-state index in [9.17, 15) is 13.2 Å². The third-order valence-electron chi connectivity index (χ3n) is 3.36. The molecule has 1 aliphatic rings. The summed E-state index contributed by atoms with van der Waals surface area (Å²) in [4.78, 5) is 11.9. The molecule has 1 aliphatic carbocycles. The zero-order valence-electron chi connectivity index (χ0n) is 10.5. The van der Waals surface area contributed by atoms with Crippen LogP contribution in [0.4, 0.5) is 0 Å². The van der Waals surface area contributed by atoms with Crippen molar-refractivity contribution >= 4 is 37.0 Å². The average molecular weight is 323 g/mol. The molecule has 1 saturated carbocycles. The van der Waals surface area contributed by atoms with Crippen LogP contribution >= 0.6 is 22.0 Å². The highest BCUT2D eigenvalue weighted by molar-refractivity contribution is 8.15. The van der Waals surface area contributed by atoms with Gasteiger partial charge in [-0.25, -0.2) is 13.2 Å². The SMILES string of the molecule is Cc1c(C(=O)OCC2CCCC2)csc1S(=O)(=O)Cl. The van der Waals surface area contributed by atoms with Gasteiger partial charge in [0, 0.05) is 16.1 Å². The molecule has 2 rings (SSSR count). The summed E-state index contributed by atoms with van der Waals surface area (Å²) in [5.74, 6) is -0.0219. The normalized spacial score (nSPS) is 16.7. The van der Waals surface area contributed by atoms with Crippen LogP contribution in [0.2, 0.25) is 0 Å². The third kappa shape index (κ3) is 3.49. The standard InChI is InChI=1S/C12H15ClO4S2/c1-8-10(7-18-12(8)19(13,15)16)11(14)17-6-9-4-2-3-5-9/h7,9H,2-6H2,1H3. The van der Waals surface area contributed by atoms with Crippen LogP contribution in [0.1, 0.15) is 41.6 Å². The van der Waals surface area contributed by atoms with Crippen molar-refractivity contribution in [2.45, 2.75) is 36.8 Å². The predicted octanol–water partition coefficient (Wildman–Crippen LogP) is 3.33. The van der Waals surface area contributed by atoms with E-state index in [2.05, 4.69) is 0 Å². The van der Waals surface area contributed by atoms with E-state index in [0.29, 0.717) is 23.7 Å². The fourth-order valence-corrected chi connectivity index (χ4v) is 4.83. The lowest BCUT2D eigenvalue weighted by Crippen LogP contribution is -2.12. The molecular formula is C12H15ClO4S2. The van der Waals surface area contributed by atoms with Crippen LogP contribution in [0.5, 0.6) is 0 Å². The summed E-state index contributed by atoms with van der Waals surface area (Å²) < 4.78 is 27.8. The first-order valence-electron chi connectivity index (χ1n) is 6.09. The number of hydrogen-bond acceptors (Lipinski definition) is 5. The number of rotatable bonds is 4. The minimum Gasteiger partial charge on any atom is -0.462 e. The van der Waals surface area contributed by atoms with Gasteiger partial charge in [-0.3, -0.25) is 0 Å². The van der Waals surface area contributed by atoms with Gasteiger partial charge in [-0.15, -0.1) is 11.3 Å². The number of halogens is 1. The maximum absolute atomic E-state index is 11.9. The Morgan fingerprint density at radius 1 is 1.47 bits per heavy atom. The molecule has 0 radical (unpaired) electrons. The summed E-state index contributed by atoms with van der Waals surface area (Å²) in [6, 6.07) is 0. The first-order chi connectivity index (χ1) is 8.89. The Kier molecular flexibility index (Phi) is 4.53. The molecule has 0 N–H and O–H groups in total. The van der Waals surface area contributed by atoms with Gasteiger partial charge in [-0.05, 0) is 31.2 Å². The van der Waals surface area contributed by atoms with Gasteiger partial charge < -0.3 is 4.74 Å². The lowest BCUT2D eigenvalue weighted by atomic mass is 10.1. The molecule has 1 aromatic heterocycles. The maximum atomic E-state index is 11.9. The minimum atomic E-state index is -3.79. The second-order valence-corrected chi connectivity index (χ2v) is 8.39. The molecule has 7 heteroatoms. The molecule has 0 atom stereocenters. The molecule has 0 spiro atoms. The van der Waals surface area contributed by atoms with Gasteiger partial charge in [0.25, 0.3) is 9.05 Å². The smallest absolute Gasteiger partial charge is 0.339 e. The van der Waals surface area contributed by atoms with E-state index in [1.165, 1.54) is 18.2 Å². The number of thiophene rings is 1. The molecule has 1 heterocycles. The molecular weight excluding hydrogens is 308 g/mol. The quantitative estimate of drug-likeness (QED) is 0.630. The van der Waals surface area contributed by atoms with E-state index in [-0.39, 0.29) is 4.21 Å². The fourth-order valence-electron chi connectivity index (χ4n) is 2.29. The first-order valence-corrected chi connectivity index (χ1v) is 9.28. The highest BCUT2D eigenvalue weighted by Gasteiger charge is 2.24. The molecule has 0 amide bonds. The van der Waals surface area contributed by atoms with Gasteiger partial charge in [0.2, 0.25) is 0 Å². The van der Waals surface area contributed by atoms with Crippen molar-refractivity contribution in [3.63, 3.8) is 0 Å². The van der Waals surface area contributed by atoms with Gasteiger partial charge >= 0.3 is 5.97 Å². The lowest BCUT2D eigenvalue weighted by molar-refractivity contribution is 0.0442. The Morgan fingerprint density at radius 2 is 2.11 bits per heavy atom. The fraction of sp³-hybridized carbons (Fsp3) is 0.583. The number of carbonyl (C=O) groups excluding carboxylic acids is 1. The molecule has 106 valence electrons. The third-order valence-corrected chi connectivity index (χ3v) is 6.67. The summed E-state index contributed by atoms with van der Waals surface area (Å²) in [5, 5.41) is 1.49. The summed E-state index contributed by atoms with van der Waals surface area (Å²) in [6.07, 6.45) is 4.57. The van der Waals surface area contributed by atoms with Crippen LogP contribution in [0.15, 0.2) is 9.59 Å². The van der Waals surface area contributed by atoms with Crippen LogP contribution < -0.4 is 0 Å². The molecule has 1 fully saturated rings. The summed E-state index contributed by atoms with van der Waals surface area (Å²) >= 11 is 0.949. The number of ether oxygens (including phenoxy) is 1. The van der Waals surface area contributed by atoms with Crippen LogP contribution in [-0.4, -0.2) is 21.0 Å². The molecule has 0 saturated heterocycles. The van der Waals surface area contributed by atoms with Crippen molar-refractivity contribution in [3.05, 3.63) is 16.5 Å². The number of carbonyl (C=O) groups is 1. The van der Waals surface area contributed by atoms with Gasteiger partial charge in [0.1, 0.15) is 4.21 Å². The molecule has 1 aromatic rings. The second kappa shape index (κ2) is 5.81. The largest absolute Gasteiger partial charge is 0.462 e. The first kappa shape index (κ1) is 14.8. The Hall–Kier alpha value is -0.590. The Morgan fingerprint density at radius 3 is 2.63 bits per heavy atom. The summed E-state index contributed by atoms with van der Waals surface area (Å²) in [5.41, 5.74) is 0.665. The van der Waals surface area contributed by atoms with Gasteiger partial charge in [-0.2, -0.15) is 0 Å². The second-order valence-electron chi connectivity index (χ2n) is 4.75. The van der Waals surface area contributed by atoms with Crippen molar-refractivity contribution < 1.29 is 17.9 Å². The average Bonchev–Trinajstić information content (AvgIpc) is 2.93. The number of hydrogen-bond donors (Lipinski definition) is 0. The van der Waals surface area contributed by atoms with Crippen molar-refractivity contribution in [3.8, 4) is 0 Å². The van der Waals surface area contributed by atoms with E-state index in [0.717, 1.165) is 24.2 Å². The topological polar surface area (TPSA) is 60.4 Å². The molecule has 19 heavy (non-hydrogen) atoms. The van der Waals surface area contributed by atoms with Gasteiger partial charge in [-0.1, -0.05) is 12.8 Å². The Balaban J connectivity index is 2.05. The van der Waals surface area contributed by atoms with Crippen LogP contribution in [-0.2, 0) is 13.8 Å². The van der Waals surface area contributed by atoms with Crippen molar-refractivity contribution in [1.82, 2.24) is 0 Å². The van der Waals surface area contributed by atoms with Gasteiger partial charge in [0.15, 0.2) is 0 Å². The van der Waals surface area contributed by atoms with Crippen LogP contribution in [0.25, 0.3) is 0 Å². The number of esters is 1. The van der Waals surface area contributed by atoms with Gasteiger partial charge in [0.05, 0.1) is 12.2 Å². The van der Waals surface area contributed by atoms with Crippen molar-refractivity contribution in [2.75, 3.05) is 6.61 Å². The van der Waals surface area contributed by atoms with E-state index in [1.807, 2.05) is 0 Å². The molecule has 0 unspecified atom stereocenters. The van der Waals surface area contributed by atoms with E-state index < -0.39 is 15.0 Å². The van der Waals surface area contributed by atoms with Crippen molar-refractivity contribution in [1.29, 1.82) is 0 Å². The maximum Gasteiger partial charge on any atom is 0.339 e. The summed E-state index contributed by atoms with van der Waals surface area (Å²) in [6.45, 7) is 1.98. The minimum absolute atomic E-state index is 0.0157. The van der Waals surface area contributed by atoms with Crippen LogP contribution in [0, 0.1) is 12.8 Å². The zero-order valence-corrected chi connectivity index (χ0v) is 12.9. The van der Waals surface area contributed by atoms with Crippen molar-refractivity contribution in [2.24, 2.45) is 5.92 Å². The monoisotopic (exact) mass is 322 g/mol. The van der Waals surface area contributed by atoms with E-state index in [1.54, 1.807) is 6.92 Å².